The van der Waals surface area contributed by atoms with E-state index in [4.69, 9.17) is 4.74 Å². The van der Waals surface area contributed by atoms with Crippen LogP contribution in [-0.4, -0.2) is 23.6 Å². The van der Waals surface area contributed by atoms with E-state index in [1.54, 1.807) is 6.92 Å². The van der Waals surface area contributed by atoms with Gasteiger partial charge < -0.3 is 4.74 Å². The van der Waals surface area contributed by atoms with Crippen LogP contribution in [0.2, 0.25) is 0 Å². The molecule has 4 nitrogen and oxygen atoms in total. The van der Waals surface area contributed by atoms with Crippen LogP contribution in [-0.2, 0) is 19.1 Å². The monoisotopic (exact) mass is 372 g/mol. The lowest BCUT2D eigenvalue weighted by Gasteiger charge is -2.59. The number of hydrogen-bond acceptors (Lipinski definition) is 4. The fourth-order valence-electron chi connectivity index (χ4n) is 7.50. The first-order chi connectivity index (χ1) is 12.7. The Hall–Kier alpha value is -1.45. The Kier molecular flexibility index (Phi) is 4.40. The normalized spacial score (nSPS) is 46.0. The van der Waals surface area contributed by atoms with Gasteiger partial charge in [-0.05, 0) is 74.2 Å². The van der Waals surface area contributed by atoms with Crippen molar-refractivity contribution in [3.05, 3.63) is 11.6 Å². The summed E-state index contributed by atoms with van der Waals surface area (Å²) in [5, 5.41) is 0. The third-order valence-electron chi connectivity index (χ3n) is 8.60. The molecular formula is C23H32O4. The van der Waals surface area contributed by atoms with Gasteiger partial charge in [0.1, 0.15) is 11.9 Å². The number of ether oxygens (including phenoxy) is 1. The van der Waals surface area contributed by atoms with E-state index in [-0.39, 0.29) is 34.6 Å². The second kappa shape index (κ2) is 6.28. The number of Topliss-reactive ketones (excluding diaryl/α,β-unsaturated/α-hetero) is 2. The molecule has 0 saturated heterocycles. The van der Waals surface area contributed by atoms with Gasteiger partial charge in [0.2, 0.25) is 0 Å². The highest BCUT2D eigenvalue weighted by atomic mass is 16.5. The van der Waals surface area contributed by atoms with Crippen LogP contribution in [0.15, 0.2) is 11.6 Å². The first-order valence-electron chi connectivity index (χ1n) is 10.6. The summed E-state index contributed by atoms with van der Waals surface area (Å²) >= 11 is 0. The lowest BCUT2D eigenvalue weighted by molar-refractivity contribution is -0.166. The summed E-state index contributed by atoms with van der Waals surface area (Å²) in [5.74, 6) is 1.66. The Labute approximate surface area is 162 Å². The minimum atomic E-state index is -0.262. The molecule has 0 aromatic carbocycles. The Bertz CT molecular complexity index is 722. The van der Waals surface area contributed by atoms with Gasteiger partial charge in [-0.25, -0.2) is 0 Å². The number of rotatable bonds is 2. The lowest BCUT2D eigenvalue weighted by Crippen LogP contribution is -2.57. The molecule has 0 N–H and O–H groups in total. The van der Waals surface area contributed by atoms with Crippen molar-refractivity contribution in [2.24, 2.45) is 34.5 Å². The van der Waals surface area contributed by atoms with Crippen LogP contribution < -0.4 is 0 Å². The molecule has 0 radical (unpaired) electrons. The maximum atomic E-state index is 13.4. The molecule has 0 aromatic rings. The molecule has 0 unspecified atom stereocenters. The molecule has 4 heteroatoms. The summed E-state index contributed by atoms with van der Waals surface area (Å²) in [4.78, 5) is 37.0. The van der Waals surface area contributed by atoms with Crippen LogP contribution in [0.5, 0.6) is 0 Å². The highest BCUT2D eigenvalue weighted by Gasteiger charge is 2.62. The molecule has 0 aromatic heterocycles. The minimum Gasteiger partial charge on any atom is -0.463 e. The molecule has 4 aliphatic carbocycles. The van der Waals surface area contributed by atoms with E-state index in [0.29, 0.717) is 30.0 Å². The molecule has 4 aliphatic rings. The number of carbonyl (C=O) groups is 3. The van der Waals surface area contributed by atoms with Gasteiger partial charge in [0, 0.05) is 24.7 Å². The predicted octanol–water partition coefficient (Wildman–Crippen LogP) is 4.27. The second-order valence-electron chi connectivity index (χ2n) is 10.0. The second-order valence-corrected chi connectivity index (χ2v) is 10.0. The third kappa shape index (κ3) is 2.74. The highest BCUT2D eigenvalue weighted by molar-refractivity contribution is 5.97. The first-order valence-corrected chi connectivity index (χ1v) is 10.6. The summed E-state index contributed by atoms with van der Waals surface area (Å²) in [7, 11) is 0. The topological polar surface area (TPSA) is 60.4 Å². The van der Waals surface area contributed by atoms with Crippen molar-refractivity contribution in [1.29, 1.82) is 0 Å². The van der Waals surface area contributed by atoms with Gasteiger partial charge in [-0.1, -0.05) is 19.9 Å². The van der Waals surface area contributed by atoms with E-state index in [1.165, 1.54) is 6.92 Å². The van der Waals surface area contributed by atoms with Gasteiger partial charge in [-0.3, -0.25) is 14.4 Å². The summed E-state index contributed by atoms with van der Waals surface area (Å²) in [5.41, 5.74) is 0.643. The molecule has 0 amide bonds. The zero-order valence-electron chi connectivity index (χ0n) is 17.0. The van der Waals surface area contributed by atoms with Crippen molar-refractivity contribution in [3.63, 3.8) is 0 Å². The molecule has 0 aliphatic heterocycles. The highest BCUT2D eigenvalue weighted by Crippen LogP contribution is 2.65. The number of fused-ring (bicyclic) bond motifs is 5. The number of allylic oxidation sites excluding steroid dienone is 2. The molecule has 3 fully saturated rings. The van der Waals surface area contributed by atoms with Crippen molar-refractivity contribution >= 4 is 17.5 Å². The third-order valence-corrected chi connectivity index (χ3v) is 8.60. The van der Waals surface area contributed by atoms with Gasteiger partial charge in [0.25, 0.3) is 0 Å². The van der Waals surface area contributed by atoms with E-state index in [0.717, 1.165) is 44.1 Å². The summed E-state index contributed by atoms with van der Waals surface area (Å²) in [6.07, 6.45) is 8.46. The van der Waals surface area contributed by atoms with Gasteiger partial charge in [0.05, 0.1) is 0 Å². The van der Waals surface area contributed by atoms with E-state index in [9.17, 15) is 14.4 Å². The molecule has 0 spiro atoms. The van der Waals surface area contributed by atoms with Gasteiger partial charge in [-0.2, -0.15) is 0 Å². The van der Waals surface area contributed by atoms with Crippen molar-refractivity contribution in [3.8, 4) is 0 Å². The van der Waals surface area contributed by atoms with Gasteiger partial charge >= 0.3 is 5.97 Å². The average Bonchev–Trinajstić information content (AvgIpc) is 2.91. The van der Waals surface area contributed by atoms with Crippen molar-refractivity contribution in [2.75, 3.05) is 0 Å². The summed E-state index contributed by atoms with van der Waals surface area (Å²) in [6.45, 7) is 7.59. The van der Waals surface area contributed by atoms with Crippen LogP contribution in [0, 0.1) is 34.5 Å². The Morgan fingerprint density at radius 2 is 1.89 bits per heavy atom. The molecule has 148 valence electrons. The standard InChI is InChI=1S/C23H32O4/c1-13(24)18-7-8-19-17-6-5-15-11-16(27-14(2)25)9-10-22(15,3)21(17)20(26)12-23(18,19)4/h7,15-17,19,21H,5-6,8-12H2,1-4H3/t15-,16-,17-,19+,21+,22-,23-/m1/s1. The van der Waals surface area contributed by atoms with Gasteiger partial charge in [0.15, 0.2) is 5.78 Å². The quantitative estimate of drug-likeness (QED) is 0.679. The van der Waals surface area contributed by atoms with E-state index in [1.807, 2.05) is 0 Å². The van der Waals surface area contributed by atoms with Crippen LogP contribution in [0.1, 0.15) is 72.6 Å². The molecule has 4 rings (SSSR count). The first kappa shape index (κ1) is 18.9. The minimum absolute atomic E-state index is 0.0109. The summed E-state index contributed by atoms with van der Waals surface area (Å²) < 4.78 is 5.50. The molecular weight excluding hydrogens is 340 g/mol. The molecule has 0 heterocycles. The number of carbonyl (C=O) groups excluding carboxylic acids is 3. The Balaban J connectivity index is 1.60. The fourth-order valence-corrected chi connectivity index (χ4v) is 7.50. The smallest absolute Gasteiger partial charge is 0.302 e. The predicted molar refractivity (Wildman–Crippen MR) is 102 cm³/mol. The van der Waals surface area contributed by atoms with E-state index < -0.39 is 0 Å². The Morgan fingerprint density at radius 1 is 1.15 bits per heavy atom. The number of hydrogen-bond donors (Lipinski definition) is 0. The maximum absolute atomic E-state index is 13.4. The largest absolute Gasteiger partial charge is 0.463 e. The maximum Gasteiger partial charge on any atom is 0.302 e. The zero-order chi connectivity index (χ0) is 19.6. The molecule has 7 atom stereocenters. The van der Waals surface area contributed by atoms with Crippen molar-refractivity contribution in [2.45, 2.75) is 78.7 Å². The Morgan fingerprint density at radius 3 is 2.56 bits per heavy atom. The van der Waals surface area contributed by atoms with Crippen LogP contribution >= 0.6 is 0 Å². The van der Waals surface area contributed by atoms with Crippen LogP contribution in [0.3, 0.4) is 0 Å². The average molecular weight is 373 g/mol. The lowest BCUT2D eigenvalue weighted by atomic mass is 9.44. The van der Waals surface area contributed by atoms with Crippen molar-refractivity contribution in [1.82, 2.24) is 0 Å². The van der Waals surface area contributed by atoms with Crippen LogP contribution in [0.4, 0.5) is 0 Å². The summed E-state index contributed by atoms with van der Waals surface area (Å²) in [6, 6.07) is 0. The molecule has 3 saturated carbocycles. The number of ketones is 2. The SMILES string of the molecule is CC(=O)O[C@@H]1CC[C@]2(C)[C@H](CC[C@H]3[C@H]2C(=O)C[C@]2(C)C(C(C)=O)=CC[C@@H]32)C1. The van der Waals surface area contributed by atoms with Crippen molar-refractivity contribution < 1.29 is 19.1 Å². The van der Waals surface area contributed by atoms with Gasteiger partial charge in [-0.15, -0.1) is 0 Å². The fraction of sp³-hybridized carbons (Fsp3) is 0.783. The molecule has 0 bridgehead atoms. The molecule has 27 heavy (non-hydrogen) atoms. The zero-order valence-corrected chi connectivity index (χ0v) is 17.0. The number of esters is 1. The van der Waals surface area contributed by atoms with E-state index in [2.05, 4.69) is 19.9 Å². The van der Waals surface area contributed by atoms with Crippen LogP contribution in [0.25, 0.3) is 0 Å². The van der Waals surface area contributed by atoms with E-state index >= 15 is 0 Å².